The van der Waals surface area contributed by atoms with Crippen LogP contribution in [0.3, 0.4) is 0 Å². The molecule has 0 bridgehead atoms. The summed E-state index contributed by atoms with van der Waals surface area (Å²) >= 11 is 0. The van der Waals surface area contributed by atoms with Crippen LogP contribution in [0.2, 0.25) is 0 Å². The number of pyridine rings is 1. The largest absolute Gasteiger partial charge is 0.439 e. The molecule has 0 aliphatic heterocycles. The molecule has 0 aliphatic carbocycles. The quantitative estimate of drug-likeness (QED) is 0.566. The number of aromatic amines is 1. The highest BCUT2D eigenvalue weighted by atomic mass is 19.1. The number of hydrogen-bond donors (Lipinski definition) is 2. The standard InChI is InChI=1S/C20H15FN4O2/c21-14-6-3-7-15(11-14)27-20-13(5-4-10-22-20)12-23-19(26)18-16-8-1-2-9-17(16)24-25-18/h1-11H,12H2,(H,23,26)(H,24,25). The third kappa shape index (κ3) is 3.62. The van der Waals surface area contributed by atoms with Crippen LogP contribution in [0, 0.1) is 5.82 Å². The van der Waals surface area contributed by atoms with Gasteiger partial charge in [-0.1, -0.05) is 30.3 Å². The molecule has 0 spiro atoms. The Balaban J connectivity index is 1.51. The first-order chi connectivity index (χ1) is 13.2. The molecule has 2 heterocycles. The normalized spacial score (nSPS) is 10.7. The maximum Gasteiger partial charge on any atom is 0.272 e. The van der Waals surface area contributed by atoms with E-state index >= 15 is 0 Å². The fourth-order valence-corrected chi connectivity index (χ4v) is 2.69. The fourth-order valence-electron chi connectivity index (χ4n) is 2.69. The van der Waals surface area contributed by atoms with Gasteiger partial charge in [-0.05, 0) is 24.3 Å². The van der Waals surface area contributed by atoms with Crippen molar-refractivity contribution < 1.29 is 13.9 Å². The lowest BCUT2D eigenvalue weighted by atomic mass is 10.2. The van der Waals surface area contributed by atoms with E-state index < -0.39 is 5.82 Å². The Hall–Kier alpha value is -3.74. The van der Waals surface area contributed by atoms with Gasteiger partial charge in [0, 0.05) is 29.8 Å². The monoisotopic (exact) mass is 362 g/mol. The van der Waals surface area contributed by atoms with Crippen LogP contribution in [-0.2, 0) is 6.54 Å². The van der Waals surface area contributed by atoms with Crippen LogP contribution in [-0.4, -0.2) is 21.1 Å². The molecule has 27 heavy (non-hydrogen) atoms. The molecule has 0 radical (unpaired) electrons. The smallest absolute Gasteiger partial charge is 0.272 e. The van der Waals surface area contributed by atoms with Crippen molar-refractivity contribution >= 4 is 16.8 Å². The molecule has 4 aromatic rings. The number of para-hydroxylation sites is 1. The summed E-state index contributed by atoms with van der Waals surface area (Å²) in [7, 11) is 0. The summed E-state index contributed by atoms with van der Waals surface area (Å²) in [5.41, 5.74) is 1.77. The summed E-state index contributed by atoms with van der Waals surface area (Å²) in [6.45, 7) is 0.193. The predicted octanol–water partition coefficient (Wildman–Crippen LogP) is 3.82. The molecular formula is C20H15FN4O2. The highest BCUT2D eigenvalue weighted by Crippen LogP contribution is 2.23. The van der Waals surface area contributed by atoms with E-state index in [0.29, 0.717) is 22.9 Å². The minimum atomic E-state index is -0.399. The van der Waals surface area contributed by atoms with Crippen LogP contribution in [0.5, 0.6) is 11.6 Å². The maximum absolute atomic E-state index is 13.3. The summed E-state index contributed by atoms with van der Waals surface area (Å²) in [6.07, 6.45) is 1.57. The van der Waals surface area contributed by atoms with E-state index in [1.165, 1.54) is 12.1 Å². The highest BCUT2D eigenvalue weighted by Gasteiger charge is 2.15. The molecule has 0 fully saturated rings. The molecule has 0 unspecified atom stereocenters. The van der Waals surface area contributed by atoms with Gasteiger partial charge < -0.3 is 10.1 Å². The number of nitrogens with one attached hydrogen (secondary N) is 2. The van der Waals surface area contributed by atoms with E-state index in [-0.39, 0.29) is 12.5 Å². The number of carbonyl (C=O) groups excluding carboxylic acids is 1. The number of aromatic nitrogens is 3. The minimum absolute atomic E-state index is 0.193. The number of ether oxygens (including phenoxy) is 1. The molecule has 2 aromatic heterocycles. The van der Waals surface area contributed by atoms with Gasteiger partial charge in [0.25, 0.3) is 5.91 Å². The van der Waals surface area contributed by atoms with Crippen molar-refractivity contribution in [1.29, 1.82) is 0 Å². The SMILES string of the molecule is O=C(NCc1cccnc1Oc1cccc(F)c1)c1n[nH]c2ccccc12. The molecule has 2 N–H and O–H groups in total. The number of halogens is 1. The van der Waals surface area contributed by atoms with E-state index in [0.717, 1.165) is 10.9 Å². The third-order valence-electron chi connectivity index (χ3n) is 3.99. The van der Waals surface area contributed by atoms with Gasteiger partial charge in [0.15, 0.2) is 5.69 Å². The molecular weight excluding hydrogens is 347 g/mol. The summed E-state index contributed by atoms with van der Waals surface area (Å²) in [6, 6.07) is 16.7. The Bertz CT molecular complexity index is 1110. The predicted molar refractivity (Wildman–Crippen MR) is 98.0 cm³/mol. The Morgan fingerprint density at radius 2 is 2.00 bits per heavy atom. The van der Waals surface area contributed by atoms with Gasteiger partial charge in [-0.15, -0.1) is 0 Å². The zero-order chi connectivity index (χ0) is 18.6. The molecule has 2 aromatic carbocycles. The maximum atomic E-state index is 13.3. The van der Waals surface area contributed by atoms with Crippen molar-refractivity contribution in [3.63, 3.8) is 0 Å². The summed E-state index contributed by atoms with van der Waals surface area (Å²) in [5.74, 6) is -0.0773. The van der Waals surface area contributed by atoms with Crippen molar-refractivity contribution in [3.05, 3.63) is 83.9 Å². The number of benzene rings is 2. The van der Waals surface area contributed by atoms with Crippen LogP contribution >= 0.6 is 0 Å². The topological polar surface area (TPSA) is 79.9 Å². The van der Waals surface area contributed by atoms with Crippen LogP contribution < -0.4 is 10.1 Å². The van der Waals surface area contributed by atoms with E-state index in [9.17, 15) is 9.18 Å². The van der Waals surface area contributed by atoms with Crippen LogP contribution in [0.4, 0.5) is 4.39 Å². The van der Waals surface area contributed by atoms with Crippen molar-refractivity contribution in [3.8, 4) is 11.6 Å². The number of amides is 1. The molecule has 6 nitrogen and oxygen atoms in total. The molecule has 0 saturated heterocycles. The first-order valence-corrected chi connectivity index (χ1v) is 8.29. The van der Waals surface area contributed by atoms with Crippen molar-refractivity contribution in [2.45, 2.75) is 6.54 Å². The molecule has 134 valence electrons. The summed E-state index contributed by atoms with van der Waals surface area (Å²) < 4.78 is 19.0. The second-order valence-electron chi connectivity index (χ2n) is 5.83. The molecule has 0 atom stereocenters. The van der Waals surface area contributed by atoms with Crippen LogP contribution in [0.25, 0.3) is 10.9 Å². The Morgan fingerprint density at radius 3 is 2.89 bits per heavy atom. The number of nitrogens with zero attached hydrogens (tertiary/aromatic N) is 2. The zero-order valence-corrected chi connectivity index (χ0v) is 14.1. The zero-order valence-electron chi connectivity index (χ0n) is 14.1. The summed E-state index contributed by atoms with van der Waals surface area (Å²) in [4.78, 5) is 16.7. The number of hydrogen-bond acceptors (Lipinski definition) is 4. The average molecular weight is 362 g/mol. The Labute approximate surface area is 154 Å². The lowest BCUT2D eigenvalue weighted by Gasteiger charge is -2.10. The van der Waals surface area contributed by atoms with Gasteiger partial charge in [0.1, 0.15) is 11.6 Å². The number of carbonyl (C=O) groups is 1. The second kappa shape index (κ2) is 7.25. The number of fused-ring (bicyclic) bond motifs is 1. The second-order valence-corrected chi connectivity index (χ2v) is 5.83. The van der Waals surface area contributed by atoms with E-state index in [1.807, 2.05) is 24.3 Å². The van der Waals surface area contributed by atoms with E-state index in [2.05, 4.69) is 20.5 Å². The average Bonchev–Trinajstić information content (AvgIpc) is 3.11. The Kier molecular flexibility index (Phi) is 4.49. The van der Waals surface area contributed by atoms with E-state index in [1.54, 1.807) is 30.5 Å². The number of rotatable bonds is 5. The minimum Gasteiger partial charge on any atom is -0.439 e. The lowest BCUT2D eigenvalue weighted by Crippen LogP contribution is -2.23. The van der Waals surface area contributed by atoms with Crippen molar-refractivity contribution in [2.24, 2.45) is 0 Å². The van der Waals surface area contributed by atoms with Gasteiger partial charge in [0.2, 0.25) is 5.88 Å². The first kappa shape index (κ1) is 16.7. The lowest BCUT2D eigenvalue weighted by molar-refractivity contribution is 0.0947. The van der Waals surface area contributed by atoms with Gasteiger partial charge in [-0.3, -0.25) is 9.89 Å². The van der Waals surface area contributed by atoms with E-state index in [4.69, 9.17) is 4.74 Å². The Morgan fingerprint density at radius 1 is 1.11 bits per heavy atom. The van der Waals surface area contributed by atoms with Gasteiger partial charge in [-0.25, -0.2) is 9.37 Å². The highest BCUT2D eigenvalue weighted by molar-refractivity contribution is 6.04. The third-order valence-corrected chi connectivity index (χ3v) is 3.99. The van der Waals surface area contributed by atoms with Gasteiger partial charge in [-0.2, -0.15) is 5.10 Å². The molecule has 0 saturated carbocycles. The van der Waals surface area contributed by atoms with Crippen molar-refractivity contribution in [2.75, 3.05) is 0 Å². The molecule has 7 heteroatoms. The van der Waals surface area contributed by atoms with Crippen molar-refractivity contribution in [1.82, 2.24) is 20.5 Å². The fraction of sp³-hybridized carbons (Fsp3) is 0.0500. The molecule has 4 rings (SSSR count). The van der Waals surface area contributed by atoms with Gasteiger partial charge >= 0.3 is 0 Å². The summed E-state index contributed by atoms with van der Waals surface area (Å²) in [5, 5.41) is 10.5. The van der Waals surface area contributed by atoms with Gasteiger partial charge in [0.05, 0.1) is 5.52 Å². The molecule has 0 aliphatic rings. The molecule has 1 amide bonds. The number of H-pyrrole nitrogens is 1. The van der Waals surface area contributed by atoms with Crippen LogP contribution in [0.1, 0.15) is 16.1 Å². The first-order valence-electron chi connectivity index (χ1n) is 8.29. The van der Waals surface area contributed by atoms with Crippen LogP contribution in [0.15, 0.2) is 66.9 Å².